The van der Waals surface area contributed by atoms with Crippen LogP contribution in [0.2, 0.25) is 0 Å². The van der Waals surface area contributed by atoms with Crippen LogP contribution in [0.1, 0.15) is 16.7 Å². The molecule has 1 amide bonds. The smallest absolute Gasteiger partial charge is 0.257 e. The summed E-state index contributed by atoms with van der Waals surface area (Å²) in [5, 5.41) is 2.92. The van der Waals surface area contributed by atoms with Crippen LogP contribution in [0.15, 0.2) is 54.7 Å². The lowest BCUT2D eigenvalue weighted by Gasteiger charge is -2.28. The van der Waals surface area contributed by atoms with Gasteiger partial charge in [0.1, 0.15) is 0 Å². The van der Waals surface area contributed by atoms with E-state index in [4.69, 9.17) is 0 Å². The van der Waals surface area contributed by atoms with E-state index in [-0.39, 0.29) is 5.91 Å². The SMILES string of the molecule is O=C1Nc2ccccc2/C1=C\N1CCc2ccccc2C1. The van der Waals surface area contributed by atoms with Gasteiger partial charge < -0.3 is 10.2 Å². The third kappa shape index (κ3) is 2.11. The summed E-state index contributed by atoms with van der Waals surface area (Å²) in [6.07, 6.45) is 3.04. The number of carbonyl (C=O) groups is 1. The zero-order valence-corrected chi connectivity index (χ0v) is 11.7. The van der Waals surface area contributed by atoms with Gasteiger partial charge in [-0.15, -0.1) is 0 Å². The van der Waals surface area contributed by atoms with Crippen molar-refractivity contribution in [2.45, 2.75) is 13.0 Å². The van der Waals surface area contributed by atoms with E-state index in [1.54, 1.807) is 0 Å². The molecule has 0 aromatic heterocycles. The summed E-state index contributed by atoms with van der Waals surface area (Å²) >= 11 is 0. The molecule has 2 aromatic rings. The molecule has 21 heavy (non-hydrogen) atoms. The maximum Gasteiger partial charge on any atom is 0.257 e. The van der Waals surface area contributed by atoms with Gasteiger partial charge in [0, 0.05) is 30.5 Å². The summed E-state index contributed by atoms with van der Waals surface area (Å²) in [6, 6.07) is 16.4. The van der Waals surface area contributed by atoms with Crippen molar-refractivity contribution < 1.29 is 4.79 Å². The molecule has 0 atom stereocenters. The summed E-state index contributed by atoms with van der Waals surface area (Å²) in [4.78, 5) is 14.4. The Kier molecular flexibility index (Phi) is 2.78. The molecule has 0 bridgehead atoms. The Morgan fingerprint density at radius 3 is 2.67 bits per heavy atom. The van der Waals surface area contributed by atoms with Crippen molar-refractivity contribution in [3.63, 3.8) is 0 Å². The molecule has 2 aliphatic rings. The van der Waals surface area contributed by atoms with Crippen LogP contribution in [-0.2, 0) is 17.8 Å². The Hall–Kier alpha value is -2.55. The van der Waals surface area contributed by atoms with Crippen molar-refractivity contribution in [2.75, 3.05) is 11.9 Å². The largest absolute Gasteiger partial charge is 0.372 e. The van der Waals surface area contributed by atoms with Gasteiger partial charge in [-0.1, -0.05) is 42.5 Å². The van der Waals surface area contributed by atoms with Crippen LogP contribution in [0, 0.1) is 0 Å². The molecule has 0 spiro atoms. The fraction of sp³-hybridized carbons (Fsp3) is 0.167. The second kappa shape index (κ2) is 4.77. The molecule has 0 fully saturated rings. The molecule has 0 aliphatic carbocycles. The molecule has 3 nitrogen and oxygen atoms in total. The highest BCUT2D eigenvalue weighted by Crippen LogP contribution is 2.32. The molecule has 3 heteroatoms. The summed E-state index contributed by atoms with van der Waals surface area (Å²) in [5.74, 6) is -0.00458. The van der Waals surface area contributed by atoms with E-state index in [1.807, 2.05) is 30.5 Å². The summed E-state index contributed by atoms with van der Waals surface area (Å²) in [6.45, 7) is 1.82. The van der Waals surface area contributed by atoms with Crippen LogP contribution in [0.25, 0.3) is 5.57 Å². The van der Waals surface area contributed by atoms with Crippen LogP contribution < -0.4 is 5.32 Å². The van der Waals surface area contributed by atoms with Gasteiger partial charge in [-0.3, -0.25) is 4.79 Å². The predicted octanol–water partition coefficient (Wildman–Crippen LogP) is 3.04. The lowest BCUT2D eigenvalue weighted by Crippen LogP contribution is -2.26. The van der Waals surface area contributed by atoms with E-state index in [0.717, 1.165) is 36.3 Å². The summed E-state index contributed by atoms with van der Waals surface area (Å²) < 4.78 is 0. The first-order chi connectivity index (χ1) is 10.3. The zero-order valence-electron chi connectivity index (χ0n) is 11.7. The molecule has 2 aliphatic heterocycles. The Morgan fingerprint density at radius 1 is 1.00 bits per heavy atom. The Balaban J connectivity index is 1.66. The topological polar surface area (TPSA) is 32.3 Å². The standard InChI is InChI=1S/C18H16N2O/c21-18-16(15-7-3-4-8-17(15)19-18)12-20-10-9-13-5-1-2-6-14(13)11-20/h1-8,12H,9-11H2,(H,19,21)/b16-12+. The number of hydrogen-bond acceptors (Lipinski definition) is 2. The van der Waals surface area contributed by atoms with Crippen LogP contribution in [0.3, 0.4) is 0 Å². The highest BCUT2D eigenvalue weighted by atomic mass is 16.2. The van der Waals surface area contributed by atoms with Gasteiger partial charge >= 0.3 is 0 Å². The van der Waals surface area contributed by atoms with Gasteiger partial charge in [0.15, 0.2) is 0 Å². The van der Waals surface area contributed by atoms with E-state index in [1.165, 1.54) is 11.1 Å². The number of nitrogens with one attached hydrogen (secondary N) is 1. The van der Waals surface area contributed by atoms with E-state index in [0.29, 0.717) is 0 Å². The number of fused-ring (bicyclic) bond motifs is 2. The molecule has 104 valence electrons. The van der Waals surface area contributed by atoms with Gasteiger partial charge in [-0.2, -0.15) is 0 Å². The number of rotatable bonds is 1. The Morgan fingerprint density at radius 2 is 1.76 bits per heavy atom. The van der Waals surface area contributed by atoms with Crippen molar-refractivity contribution in [2.24, 2.45) is 0 Å². The van der Waals surface area contributed by atoms with Crippen LogP contribution in [-0.4, -0.2) is 17.4 Å². The molecule has 4 rings (SSSR count). The van der Waals surface area contributed by atoms with Crippen molar-refractivity contribution in [1.29, 1.82) is 0 Å². The first-order valence-corrected chi connectivity index (χ1v) is 7.25. The molecule has 0 saturated carbocycles. The Labute approximate surface area is 123 Å². The van der Waals surface area contributed by atoms with Crippen LogP contribution >= 0.6 is 0 Å². The van der Waals surface area contributed by atoms with Gasteiger partial charge in [0.25, 0.3) is 5.91 Å². The molecule has 1 N–H and O–H groups in total. The van der Waals surface area contributed by atoms with Crippen molar-refractivity contribution in [3.05, 3.63) is 71.4 Å². The van der Waals surface area contributed by atoms with Gasteiger partial charge in [0.2, 0.25) is 0 Å². The first-order valence-electron chi connectivity index (χ1n) is 7.25. The molecule has 0 unspecified atom stereocenters. The number of anilines is 1. The lowest BCUT2D eigenvalue weighted by molar-refractivity contribution is -0.110. The number of para-hydroxylation sites is 1. The third-order valence-corrected chi connectivity index (χ3v) is 4.18. The van der Waals surface area contributed by atoms with Crippen LogP contribution in [0.5, 0.6) is 0 Å². The molecule has 0 saturated heterocycles. The highest BCUT2D eigenvalue weighted by molar-refractivity contribution is 6.31. The fourth-order valence-corrected chi connectivity index (χ4v) is 3.08. The molecule has 2 heterocycles. The monoisotopic (exact) mass is 276 g/mol. The van der Waals surface area contributed by atoms with Crippen molar-refractivity contribution in [3.8, 4) is 0 Å². The normalized spacial score (nSPS) is 18.4. The molecule has 0 radical (unpaired) electrons. The number of hydrogen-bond donors (Lipinski definition) is 1. The maximum absolute atomic E-state index is 12.1. The predicted molar refractivity (Wildman–Crippen MR) is 83.6 cm³/mol. The van der Waals surface area contributed by atoms with Crippen LogP contribution in [0.4, 0.5) is 5.69 Å². The second-order valence-corrected chi connectivity index (χ2v) is 5.53. The third-order valence-electron chi connectivity index (χ3n) is 4.18. The van der Waals surface area contributed by atoms with E-state index >= 15 is 0 Å². The molecule has 2 aromatic carbocycles. The highest BCUT2D eigenvalue weighted by Gasteiger charge is 2.25. The summed E-state index contributed by atoms with van der Waals surface area (Å²) in [7, 11) is 0. The van der Waals surface area contributed by atoms with E-state index < -0.39 is 0 Å². The number of carbonyl (C=O) groups excluding carboxylic acids is 1. The number of benzene rings is 2. The van der Waals surface area contributed by atoms with E-state index in [9.17, 15) is 4.79 Å². The van der Waals surface area contributed by atoms with Crippen molar-refractivity contribution >= 4 is 17.2 Å². The quantitative estimate of drug-likeness (QED) is 0.812. The summed E-state index contributed by atoms with van der Waals surface area (Å²) in [5.41, 5.74) is 5.45. The Bertz CT molecular complexity index is 748. The second-order valence-electron chi connectivity index (χ2n) is 5.53. The lowest BCUT2D eigenvalue weighted by atomic mass is 10.00. The number of amides is 1. The number of nitrogens with zero attached hydrogens (tertiary/aromatic N) is 1. The maximum atomic E-state index is 12.1. The van der Waals surface area contributed by atoms with Gasteiger partial charge in [-0.05, 0) is 23.6 Å². The minimum atomic E-state index is -0.00458. The van der Waals surface area contributed by atoms with Crippen molar-refractivity contribution in [1.82, 2.24) is 4.90 Å². The molecular weight excluding hydrogens is 260 g/mol. The van der Waals surface area contributed by atoms with E-state index in [2.05, 4.69) is 34.5 Å². The minimum absolute atomic E-state index is 0.00458. The van der Waals surface area contributed by atoms with Gasteiger partial charge in [0.05, 0.1) is 5.57 Å². The fourth-order valence-electron chi connectivity index (χ4n) is 3.08. The average Bonchev–Trinajstić information content (AvgIpc) is 2.83. The first kappa shape index (κ1) is 12.2. The van der Waals surface area contributed by atoms with Gasteiger partial charge in [-0.25, -0.2) is 0 Å². The molecular formula is C18H16N2O. The zero-order chi connectivity index (χ0) is 14.2. The average molecular weight is 276 g/mol. The minimum Gasteiger partial charge on any atom is -0.372 e.